The van der Waals surface area contributed by atoms with Crippen molar-refractivity contribution in [1.82, 2.24) is 14.9 Å². The topological polar surface area (TPSA) is 96.2 Å². The maximum Gasteiger partial charge on any atom is 0.244 e. The van der Waals surface area contributed by atoms with Crippen LogP contribution in [0.4, 0.5) is 11.6 Å². The van der Waals surface area contributed by atoms with Gasteiger partial charge in [0.25, 0.3) is 0 Å². The first-order valence-corrected chi connectivity index (χ1v) is 5.38. The number of hydrazine groups is 1. The number of aromatic nitrogens is 2. The van der Waals surface area contributed by atoms with E-state index < -0.39 is 0 Å². The minimum absolute atomic E-state index is 0.00775. The molecule has 1 rings (SSSR count). The van der Waals surface area contributed by atoms with E-state index in [0.29, 0.717) is 18.2 Å². The van der Waals surface area contributed by atoms with Crippen molar-refractivity contribution in [3.63, 3.8) is 0 Å². The van der Waals surface area contributed by atoms with Gasteiger partial charge in [-0.1, -0.05) is 0 Å². The summed E-state index contributed by atoms with van der Waals surface area (Å²) in [6.45, 7) is 4.38. The number of nitrogen functional groups attached to an aromatic ring is 1. The van der Waals surface area contributed by atoms with Crippen LogP contribution in [-0.4, -0.2) is 40.4 Å². The Kier molecular flexibility index (Phi) is 4.65. The van der Waals surface area contributed by atoms with Gasteiger partial charge in [0, 0.05) is 19.7 Å². The third-order valence-corrected chi connectivity index (χ3v) is 2.40. The number of hydrogen-bond acceptors (Lipinski definition) is 6. The van der Waals surface area contributed by atoms with Gasteiger partial charge in [0.05, 0.1) is 0 Å². The summed E-state index contributed by atoms with van der Waals surface area (Å²) in [4.78, 5) is 21.3. The first kappa shape index (κ1) is 13.2. The van der Waals surface area contributed by atoms with Gasteiger partial charge in [-0.05, 0) is 13.8 Å². The maximum absolute atomic E-state index is 11.8. The number of carbonyl (C=O) groups excluding carboxylic acids is 1. The molecule has 1 unspecified atom stereocenters. The maximum atomic E-state index is 11.8. The molecule has 0 aliphatic carbocycles. The van der Waals surface area contributed by atoms with Crippen molar-refractivity contribution in [3.8, 4) is 0 Å². The van der Waals surface area contributed by atoms with E-state index in [0.717, 1.165) is 0 Å². The van der Waals surface area contributed by atoms with Crippen molar-refractivity contribution in [2.24, 2.45) is 5.84 Å². The van der Waals surface area contributed by atoms with Crippen LogP contribution in [0.15, 0.2) is 12.4 Å². The molecule has 7 nitrogen and oxygen atoms in total. The molecule has 1 aromatic heterocycles. The van der Waals surface area contributed by atoms with E-state index in [1.165, 1.54) is 6.33 Å². The Labute approximate surface area is 100 Å². The van der Waals surface area contributed by atoms with Gasteiger partial charge in [0.2, 0.25) is 5.91 Å². The number of carbonyl (C=O) groups is 1. The number of anilines is 2. The predicted octanol–water partition coefficient (Wildman–Crippen LogP) is 0.0409. The first-order chi connectivity index (χ1) is 8.08. The normalized spacial score (nSPS) is 11.8. The van der Waals surface area contributed by atoms with Gasteiger partial charge in [-0.2, -0.15) is 0 Å². The Bertz CT molecular complexity index is 383. The van der Waals surface area contributed by atoms with Crippen molar-refractivity contribution in [1.29, 1.82) is 0 Å². The fraction of sp³-hybridized carbons (Fsp3) is 0.500. The summed E-state index contributed by atoms with van der Waals surface area (Å²) in [5.41, 5.74) is 2.42. The highest BCUT2D eigenvalue weighted by Gasteiger charge is 2.16. The molecule has 0 bridgehead atoms. The molecule has 0 aliphatic heterocycles. The fourth-order valence-electron chi connectivity index (χ4n) is 1.29. The second-order valence-electron chi connectivity index (χ2n) is 3.65. The second kappa shape index (κ2) is 6.00. The molecule has 0 radical (unpaired) electrons. The summed E-state index contributed by atoms with van der Waals surface area (Å²) in [6.07, 6.45) is 1.37. The molecule has 17 heavy (non-hydrogen) atoms. The van der Waals surface area contributed by atoms with Gasteiger partial charge in [-0.15, -0.1) is 0 Å². The Morgan fingerprint density at radius 3 is 2.76 bits per heavy atom. The third-order valence-electron chi connectivity index (χ3n) is 2.40. The average Bonchev–Trinajstić information content (AvgIpc) is 2.37. The SMILES string of the molecule is CCN(C)C(=O)C(C)Nc1cc(NN)ncn1. The van der Waals surface area contributed by atoms with Crippen LogP contribution in [0, 0.1) is 0 Å². The van der Waals surface area contributed by atoms with Crippen LogP contribution in [-0.2, 0) is 4.79 Å². The largest absolute Gasteiger partial charge is 0.358 e. The van der Waals surface area contributed by atoms with E-state index in [2.05, 4.69) is 20.7 Å². The molecule has 1 heterocycles. The molecule has 4 N–H and O–H groups in total. The van der Waals surface area contributed by atoms with Gasteiger partial charge in [0.1, 0.15) is 24.0 Å². The van der Waals surface area contributed by atoms with Gasteiger partial charge in [-0.3, -0.25) is 4.79 Å². The van der Waals surface area contributed by atoms with Crippen LogP contribution in [0.3, 0.4) is 0 Å². The van der Waals surface area contributed by atoms with Gasteiger partial charge in [-0.25, -0.2) is 15.8 Å². The molecule has 0 aliphatic rings. The number of likely N-dealkylation sites (N-methyl/N-ethyl adjacent to an activating group) is 1. The minimum atomic E-state index is -0.347. The van der Waals surface area contributed by atoms with Crippen LogP contribution < -0.4 is 16.6 Å². The highest BCUT2D eigenvalue weighted by molar-refractivity contribution is 5.83. The summed E-state index contributed by atoms with van der Waals surface area (Å²) in [7, 11) is 1.76. The minimum Gasteiger partial charge on any atom is -0.358 e. The molecule has 1 atom stereocenters. The summed E-state index contributed by atoms with van der Waals surface area (Å²) in [5, 5.41) is 2.99. The van der Waals surface area contributed by atoms with E-state index in [9.17, 15) is 4.79 Å². The van der Waals surface area contributed by atoms with E-state index in [-0.39, 0.29) is 11.9 Å². The monoisotopic (exact) mass is 238 g/mol. The lowest BCUT2D eigenvalue weighted by atomic mass is 10.3. The molecule has 94 valence electrons. The van der Waals surface area contributed by atoms with E-state index in [1.807, 2.05) is 6.92 Å². The van der Waals surface area contributed by atoms with Crippen LogP contribution in [0.1, 0.15) is 13.8 Å². The van der Waals surface area contributed by atoms with Crippen molar-refractivity contribution >= 4 is 17.5 Å². The van der Waals surface area contributed by atoms with Crippen molar-refractivity contribution < 1.29 is 4.79 Å². The molecular formula is C10H18N6O. The summed E-state index contributed by atoms with van der Waals surface area (Å²) in [5.74, 6) is 6.29. The Morgan fingerprint density at radius 1 is 1.53 bits per heavy atom. The van der Waals surface area contributed by atoms with E-state index >= 15 is 0 Å². The highest BCUT2D eigenvalue weighted by Crippen LogP contribution is 2.09. The lowest BCUT2D eigenvalue weighted by molar-refractivity contribution is -0.130. The number of hydrogen-bond donors (Lipinski definition) is 3. The van der Waals surface area contributed by atoms with E-state index in [1.54, 1.807) is 24.9 Å². The quantitative estimate of drug-likeness (QED) is 0.495. The lowest BCUT2D eigenvalue weighted by Gasteiger charge is -2.20. The smallest absolute Gasteiger partial charge is 0.244 e. The molecule has 0 fully saturated rings. The molecular weight excluding hydrogens is 220 g/mol. The third kappa shape index (κ3) is 3.56. The van der Waals surface area contributed by atoms with Crippen molar-refractivity contribution in [2.45, 2.75) is 19.9 Å². The summed E-state index contributed by atoms with van der Waals surface area (Å²) >= 11 is 0. The summed E-state index contributed by atoms with van der Waals surface area (Å²) in [6, 6.07) is 1.29. The summed E-state index contributed by atoms with van der Waals surface area (Å²) < 4.78 is 0. The van der Waals surface area contributed by atoms with Crippen LogP contribution >= 0.6 is 0 Å². The molecule has 0 spiro atoms. The second-order valence-corrected chi connectivity index (χ2v) is 3.65. The number of nitrogens with one attached hydrogen (secondary N) is 2. The number of amides is 1. The van der Waals surface area contributed by atoms with Crippen LogP contribution in [0.25, 0.3) is 0 Å². The molecule has 7 heteroatoms. The van der Waals surface area contributed by atoms with Crippen molar-refractivity contribution in [3.05, 3.63) is 12.4 Å². The van der Waals surface area contributed by atoms with Gasteiger partial charge >= 0.3 is 0 Å². The number of rotatable bonds is 5. The molecule has 0 aromatic carbocycles. The zero-order valence-corrected chi connectivity index (χ0v) is 10.3. The van der Waals surface area contributed by atoms with Crippen molar-refractivity contribution in [2.75, 3.05) is 24.3 Å². The lowest BCUT2D eigenvalue weighted by Crippen LogP contribution is -2.39. The van der Waals surface area contributed by atoms with Crippen LogP contribution in [0.2, 0.25) is 0 Å². The van der Waals surface area contributed by atoms with Gasteiger partial charge in [0.15, 0.2) is 0 Å². The standard InChI is InChI=1S/C10H18N6O/c1-4-16(3)10(17)7(2)14-8-5-9(15-11)13-6-12-8/h5-7H,4,11H2,1-3H3,(H2,12,13,14,15). The zero-order valence-electron chi connectivity index (χ0n) is 10.3. The van der Waals surface area contributed by atoms with E-state index in [4.69, 9.17) is 5.84 Å². The highest BCUT2D eigenvalue weighted by atomic mass is 16.2. The molecule has 0 saturated carbocycles. The van der Waals surface area contributed by atoms with Crippen LogP contribution in [0.5, 0.6) is 0 Å². The van der Waals surface area contributed by atoms with Gasteiger partial charge < -0.3 is 15.6 Å². The Morgan fingerprint density at radius 2 is 2.18 bits per heavy atom. The average molecular weight is 238 g/mol. The predicted molar refractivity (Wildman–Crippen MR) is 66.2 cm³/mol. The number of nitrogens with zero attached hydrogens (tertiary/aromatic N) is 3. The number of nitrogens with two attached hydrogens (primary N) is 1. The first-order valence-electron chi connectivity index (χ1n) is 5.38. The fourth-order valence-corrected chi connectivity index (χ4v) is 1.29. The molecule has 1 aromatic rings. The molecule has 1 amide bonds. The molecule has 0 saturated heterocycles. The zero-order chi connectivity index (χ0) is 12.8. The Balaban J connectivity index is 2.67. The Hall–Kier alpha value is -1.89.